The predicted octanol–water partition coefficient (Wildman–Crippen LogP) is -0.0702. The fourth-order valence-corrected chi connectivity index (χ4v) is 1.56. The third kappa shape index (κ3) is 6.87. The summed E-state index contributed by atoms with van der Waals surface area (Å²) in [6, 6.07) is 3.52. The van der Waals surface area contributed by atoms with Crippen molar-refractivity contribution in [3.05, 3.63) is 29.6 Å². The molecule has 5 nitrogen and oxygen atoms in total. The number of rotatable bonds is 8. The van der Waals surface area contributed by atoms with Crippen LogP contribution in [0.2, 0.25) is 6.32 Å². The van der Waals surface area contributed by atoms with Gasteiger partial charge in [-0.25, -0.2) is 0 Å². The quantitative estimate of drug-likeness (QED) is 0.513. The van der Waals surface area contributed by atoms with E-state index in [1.165, 1.54) is 14.2 Å². The minimum absolute atomic E-state index is 0.0343. The van der Waals surface area contributed by atoms with E-state index >= 15 is 0 Å². The van der Waals surface area contributed by atoms with Gasteiger partial charge in [-0.2, -0.15) is 0 Å². The summed E-state index contributed by atoms with van der Waals surface area (Å²) in [6.07, 6.45) is 0.726. The summed E-state index contributed by atoms with van der Waals surface area (Å²) >= 11 is 0. The predicted molar refractivity (Wildman–Crippen MR) is 79.0 cm³/mol. The molecule has 0 saturated carbocycles. The zero-order valence-corrected chi connectivity index (χ0v) is 11.5. The Morgan fingerprint density at radius 1 is 1.25 bits per heavy atom. The van der Waals surface area contributed by atoms with E-state index in [-0.39, 0.29) is 23.9 Å². The van der Waals surface area contributed by atoms with Crippen LogP contribution in [0.5, 0.6) is 0 Å². The molecule has 1 rings (SSSR count). The fourth-order valence-electron chi connectivity index (χ4n) is 1.56. The molecule has 1 heterocycles. The molecule has 0 aliphatic rings. The van der Waals surface area contributed by atoms with Crippen molar-refractivity contribution in [1.29, 1.82) is 0 Å². The molecule has 0 unspecified atom stereocenters. The maximum absolute atomic E-state index is 11.7. The molecule has 0 aliphatic heterocycles. The van der Waals surface area contributed by atoms with Crippen LogP contribution in [0, 0.1) is 0 Å². The molecule has 20 heavy (non-hydrogen) atoms. The van der Waals surface area contributed by atoms with Crippen LogP contribution in [-0.4, -0.2) is 44.8 Å². The fraction of sp³-hybridized carbons (Fsp3) is 0.385. The van der Waals surface area contributed by atoms with Crippen LogP contribution in [0.15, 0.2) is 24.1 Å². The molecule has 7 heteroatoms. The third-order valence-corrected chi connectivity index (χ3v) is 2.57. The first-order chi connectivity index (χ1) is 9.59. The molecule has 0 bridgehead atoms. The molecule has 1 aromatic heterocycles. The van der Waals surface area contributed by atoms with E-state index in [4.69, 9.17) is 0 Å². The van der Waals surface area contributed by atoms with Crippen LogP contribution >= 0.6 is 0 Å². The Kier molecular flexibility index (Phi) is 7.32. The first-order valence-electron chi connectivity index (χ1n) is 6.53. The number of nitrogens with one attached hydrogen (secondary N) is 2. The van der Waals surface area contributed by atoms with Crippen molar-refractivity contribution in [3.63, 3.8) is 0 Å². The number of amides is 2. The first-order valence-corrected chi connectivity index (χ1v) is 6.53. The summed E-state index contributed by atoms with van der Waals surface area (Å²) in [5.41, 5.74) is 0.558. The summed E-state index contributed by atoms with van der Waals surface area (Å²) in [7, 11) is 1.48. The standard InChI is InChI=1S/C13H17B2N2O3/c1-10(18)15-6-4-12(19)16-7-8-17-13(20)11-3-2-5-14-9-11/h2-3,5,9H,4,6-8H2,1H3,(H,16,19)(H,17,20). The molecule has 2 amide bonds. The summed E-state index contributed by atoms with van der Waals surface area (Å²) in [4.78, 5) is 33.7. The number of hydrogen-bond acceptors (Lipinski definition) is 3. The van der Waals surface area contributed by atoms with Gasteiger partial charge in [-0.15, -0.1) is 0 Å². The van der Waals surface area contributed by atoms with Crippen molar-refractivity contribution in [2.24, 2.45) is 0 Å². The van der Waals surface area contributed by atoms with Crippen LogP contribution in [0.3, 0.4) is 0 Å². The van der Waals surface area contributed by atoms with Gasteiger partial charge in [0.25, 0.3) is 0 Å². The van der Waals surface area contributed by atoms with Gasteiger partial charge in [-0.05, 0) is 6.92 Å². The zero-order valence-electron chi connectivity index (χ0n) is 11.5. The molecule has 2 N–H and O–H groups in total. The van der Waals surface area contributed by atoms with Crippen molar-refractivity contribution < 1.29 is 14.4 Å². The van der Waals surface area contributed by atoms with Crippen LogP contribution in [0.4, 0.5) is 0 Å². The number of carbonyl (C=O) groups is 3. The Morgan fingerprint density at radius 3 is 2.65 bits per heavy atom. The van der Waals surface area contributed by atoms with Gasteiger partial charge in [-0.3, -0.25) is 0 Å². The van der Waals surface area contributed by atoms with Gasteiger partial charge in [0.2, 0.25) is 0 Å². The molecule has 103 valence electrons. The average Bonchev–Trinajstić information content (AvgIpc) is 2.44. The molecule has 0 spiro atoms. The number of hydrogen-bond donors (Lipinski definition) is 2. The Hall–Kier alpha value is -1.91. The van der Waals surface area contributed by atoms with Gasteiger partial charge in [0, 0.05) is 0 Å². The molecular weight excluding hydrogens is 254 g/mol. The van der Waals surface area contributed by atoms with Gasteiger partial charge >= 0.3 is 107 Å². The second-order valence-electron chi connectivity index (χ2n) is 4.33. The maximum atomic E-state index is 11.7. The summed E-state index contributed by atoms with van der Waals surface area (Å²) in [5, 5.41) is 5.39. The van der Waals surface area contributed by atoms with Crippen molar-refractivity contribution in [2.75, 3.05) is 13.1 Å². The van der Waals surface area contributed by atoms with Crippen molar-refractivity contribution in [3.8, 4) is 0 Å². The Bertz CT molecular complexity index is 466. The van der Waals surface area contributed by atoms with Gasteiger partial charge in [0.05, 0.1) is 0 Å². The topological polar surface area (TPSA) is 75.3 Å². The Morgan fingerprint density at radius 2 is 2.00 bits per heavy atom. The first kappa shape index (κ1) is 16.1. The van der Waals surface area contributed by atoms with Crippen LogP contribution in [-0.2, 0) is 9.59 Å². The van der Waals surface area contributed by atoms with Crippen molar-refractivity contribution >= 4 is 31.7 Å². The van der Waals surface area contributed by atoms with Gasteiger partial charge in [0.1, 0.15) is 0 Å². The Labute approximate surface area is 120 Å². The monoisotopic (exact) mass is 271 g/mol. The molecule has 0 fully saturated rings. The van der Waals surface area contributed by atoms with E-state index < -0.39 is 0 Å². The van der Waals surface area contributed by atoms with Crippen LogP contribution in [0.25, 0.3) is 0 Å². The third-order valence-electron chi connectivity index (χ3n) is 2.57. The Balaban J connectivity index is 2.11. The summed E-state index contributed by atoms with van der Waals surface area (Å²) in [6.45, 7) is 3.99. The molecule has 0 atom stereocenters. The van der Waals surface area contributed by atoms with E-state index in [9.17, 15) is 14.4 Å². The van der Waals surface area contributed by atoms with E-state index in [0.717, 1.165) is 0 Å². The molecular formula is C13H17B2N2O3. The van der Waals surface area contributed by atoms with Crippen molar-refractivity contribution in [2.45, 2.75) is 19.7 Å². The van der Waals surface area contributed by atoms with Crippen molar-refractivity contribution in [1.82, 2.24) is 10.6 Å². The molecule has 0 aliphatic carbocycles. The normalized spacial score (nSPS) is 9.45. The van der Waals surface area contributed by atoms with Crippen LogP contribution < -0.4 is 10.6 Å². The van der Waals surface area contributed by atoms with E-state index in [0.29, 0.717) is 25.0 Å². The summed E-state index contributed by atoms with van der Waals surface area (Å²) in [5.74, 6) is 3.28. The molecule has 0 saturated heterocycles. The molecule has 0 aromatic carbocycles. The number of carbonyl (C=O) groups excluding carboxylic acids is 3. The average molecular weight is 271 g/mol. The van der Waals surface area contributed by atoms with Crippen LogP contribution in [0.1, 0.15) is 23.7 Å². The minimum atomic E-state index is -0.162. The second-order valence-corrected chi connectivity index (χ2v) is 4.33. The van der Waals surface area contributed by atoms with Gasteiger partial charge in [-0.1, -0.05) is 0 Å². The SMILES string of the molecule is CC(=O)[B]CCC(=O)NCCNC(=O)c1cbccc1. The molecule has 1 radical (unpaired) electrons. The van der Waals surface area contributed by atoms with Gasteiger partial charge < -0.3 is 4.79 Å². The van der Waals surface area contributed by atoms with E-state index in [2.05, 4.69) is 10.6 Å². The van der Waals surface area contributed by atoms with E-state index in [1.54, 1.807) is 25.0 Å². The van der Waals surface area contributed by atoms with Gasteiger partial charge in [0.15, 0.2) is 0 Å². The van der Waals surface area contributed by atoms with E-state index in [1.807, 2.05) is 5.96 Å². The summed E-state index contributed by atoms with van der Waals surface area (Å²) < 4.78 is 0. The second kappa shape index (κ2) is 9.07. The molecule has 1 aromatic rings. The zero-order chi connectivity index (χ0) is 14.8.